The van der Waals surface area contributed by atoms with E-state index in [1.807, 2.05) is 44.2 Å². The zero-order valence-corrected chi connectivity index (χ0v) is 11.9. The van der Waals surface area contributed by atoms with E-state index < -0.39 is 0 Å². The van der Waals surface area contributed by atoms with Crippen LogP contribution in [0, 0.1) is 5.92 Å². The fourth-order valence-corrected chi connectivity index (χ4v) is 2.01. The molecular weight excluding hydrogens is 240 g/mol. The molecule has 0 aliphatic carbocycles. The Morgan fingerprint density at radius 2 is 1.84 bits per heavy atom. The van der Waals surface area contributed by atoms with E-state index in [9.17, 15) is 9.90 Å². The smallest absolute Gasteiger partial charge is 0.315 e. The summed E-state index contributed by atoms with van der Waals surface area (Å²) in [6.45, 7) is 6.29. The second-order valence-electron chi connectivity index (χ2n) is 5.18. The highest BCUT2D eigenvalue weighted by Gasteiger charge is 2.11. The third-order valence-corrected chi connectivity index (χ3v) is 3.00. The molecule has 0 aliphatic heterocycles. The first-order valence-electron chi connectivity index (χ1n) is 6.76. The van der Waals surface area contributed by atoms with Gasteiger partial charge in [0.15, 0.2) is 0 Å². The molecule has 19 heavy (non-hydrogen) atoms. The monoisotopic (exact) mass is 264 g/mol. The predicted octanol–water partition coefficient (Wildman–Crippen LogP) is 2.45. The number of amides is 2. The third-order valence-electron chi connectivity index (χ3n) is 3.00. The number of urea groups is 1. The molecule has 0 bridgehead atoms. The van der Waals surface area contributed by atoms with E-state index in [0.29, 0.717) is 13.0 Å². The fourth-order valence-electron chi connectivity index (χ4n) is 2.01. The van der Waals surface area contributed by atoms with E-state index in [1.165, 1.54) is 0 Å². The largest absolute Gasteiger partial charge is 0.393 e. The van der Waals surface area contributed by atoms with Crippen molar-refractivity contribution in [3.63, 3.8) is 0 Å². The van der Waals surface area contributed by atoms with Crippen LogP contribution in [0.3, 0.4) is 0 Å². The standard InChI is InChI=1S/C15H24N2O2/c1-11(9-12(2)18)10-16-15(19)17-13(3)14-7-5-4-6-8-14/h4-8,11-13,18H,9-10H2,1-3H3,(H2,16,17,19). The quantitative estimate of drug-likeness (QED) is 0.739. The average molecular weight is 264 g/mol. The number of hydrogen-bond acceptors (Lipinski definition) is 2. The van der Waals surface area contributed by atoms with Crippen molar-refractivity contribution < 1.29 is 9.90 Å². The summed E-state index contributed by atoms with van der Waals surface area (Å²) >= 11 is 0. The van der Waals surface area contributed by atoms with Crippen LogP contribution in [-0.4, -0.2) is 23.8 Å². The molecule has 3 atom stereocenters. The lowest BCUT2D eigenvalue weighted by Crippen LogP contribution is -2.39. The van der Waals surface area contributed by atoms with Crippen molar-refractivity contribution in [1.82, 2.24) is 10.6 Å². The molecule has 3 unspecified atom stereocenters. The molecule has 0 saturated heterocycles. The number of rotatable bonds is 6. The van der Waals surface area contributed by atoms with Gasteiger partial charge in [0.1, 0.15) is 0 Å². The molecule has 1 aromatic rings. The molecule has 0 aliphatic rings. The Bertz CT molecular complexity index is 379. The zero-order chi connectivity index (χ0) is 14.3. The second-order valence-corrected chi connectivity index (χ2v) is 5.18. The number of nitrogens with one attached hydrogen (secondary N) is 2. The van der Waals surface area contributed by atoms with E-state index in [4.69, 9.17) is 0 Å². The lowest BCUT2D eigenvalue weighted by Gasteiger charge is -2.17. The van der Waals surface area contributed by atoms with Crippen LogP contribution in [0.25, 0.3) is 0 Å². The van der Waals surface area contributed by atoms with Crippen LogP contribution in [0.15, 0.2) is 30.3 Å². The minimum absolute atomic E-state index is 0.0201. The second kappa shape index (κ2) is 7.79. The number of aliphatic hydroxyl groups is 1. The van der Waals surface area contributed by atoms with Crippen molar-refractivity contribution in [2.45, 2.75) is 39.3 Å². The molecule has 1 aromatic carbocycles. The molecule has 0 saturated carbocycles. The van der Waals surface area contributed by atoms with E-state index in [2.05, 4.69) is 10.6 Å². The Hall–Kier alpha value is -1.55. The van der Waals surface area contributed by atoms with Gasteiger partial charge < -0.3 is 15.7 Å². The number of carbonyl (C=O) groups excluding carboxylic acids is 1. The molecule has 0 aromatic heterocycles. The third kappa shape index (κ3) is 6.25. The van der Waals surface area contributed by atoms with Crippen molar-refractivity contribution in [2.75, 3.05) is 6.54 Å². The van der Waals surface area contributed by atoms with Crippen LogP contribution in [0.5, 0.6) is 0 Å². The summed E-state index contributed by atoms with van der Waals surface area (Å²) in [4.78, 5) is 11.7. The average Bonchev–Trinajstić information content (AvgIpc) is 2.36. The Balaban J connectivity index is 2.31. The number of aliphatic hydroxyl groups excluding tert-OH is 1. The van der Waals surface area contributed by atoms with Gasteiger partial charge in [-0.25, -0.2) is 4.79 Å². The summed E-state index contributed by atoms with van der Waals surface area (Å²) in [5, 5.41) is 15.0. The number of carbonyl (C=O) groups is 1. The lowest BCUT2D eigenvalue weighted by molar-refractivity contribution is 0.163. The van der Waals surface area contributed by atoms with Gasteiger partial charge in [0, 0.05) is 6.54 Å². The highest BCUT2D eigenvalue weighted by molar-refractivity contribution is 5.74. The SMILES string of the molecule is CC(O)CC(C)CNC(=O)NC(C)c1ccccc1. The first-order valence-corrected chi connectivity index (χ1v) is 6.76. The zero-order valence-electron chi connectivity index (χ0n) is 11.9. The Morgan fingerprint density at radius 3 is 2.42 bits per heavy atom. The maximum atomic E-state index is 11.7. The van der Waals surface area contributed by atoms with Gasteiger partial charge in [0.05, 0.1) is 12.1 Å². The molecule has 4 nitrogen and oxygen atoms in total. The summed E-state index contributed by atoms with van der Waals surface area (Å²) in [6.07, 6.45) is 0.359. The number of benzene rings is 1. The van der Waals surface area contributed by atoms with Crippen LogP contribution < -0.4 is 10.6 Å². The summed E-state index contributed by atoms with van der Waals surface area (Å²) in [7, 11) is 0. The molecule has 3 N–H and O–H groups in total. The Kier molecular flexibility index (Phi) is 6.36. The van der Waals surface area contributed by atoms with Crippen LogP contribution in [0.1, 0.15) is 38.8 Å². The van der Waals surface area contributed by atoms with Crippen LogP contribution >= 0.6 is 0 Å². The van der Waals surface area contributed by atoms with Crippen molar-refractivity contribution >= 4 is 6.03 Å². The Labute approximate surface area is 115 Å². The fraction of sp³-hybridized carbons (Fsp3) is 0.533. The van der Waals surface area contributed by atoms with Gasteiger partial charge >= 0.3 is 6.03 Å². The summed E-state index contributed by atoms with van der Waals surface area (Å²) in [6, 6.07) is 9.64. The van der Waals surface area contributed by atoms with E-state index in [-0.39, 0.29) is 24.1 Å². The van der Waals surface area contributed by atoms with Crippen molar-refractivity contribution in [1.29, 1.82) is 0 Å². The Morgan fingerprint density at radius 1 is 1.21 bits per heavy atom. The first kappa shape index (κ1) is 15.5. The molecular formula is C15H24N2O2. The van der Waals surface area contributed by atoms with Crippen molar-refractivity contribution in [3.8, 4) is 0 Å². The van der Waals surface area contributed by atoms with Crippen LogP contribution in [-0.2, 0) is 0 Å². The molecule has 0 heterocycles. The van der Waals surface area contributed by atoms with Gasteiger partial charge in [-0.2, -0.15) is 0 Å². The molecule has 0 radical (unpaired) electrons. The van der Waals surface area contributed by atoms with Gasteiger partial charge in [0.2, 0.25) is 0 Å². The molecule has 0 spiro atoms. The maximum Gasteiger partial charge on any atom is 0.315 e. The van der Waals surface area contributed by atoms with Gasteiger partial charge in [-0.05, 0) is 31.7 Å². The minimum atomic E-state index is -0.330. The topological polar surface area (TPSA) is 61.4 Å². The van der Waals surface area contributed by atoms with Gasteiger partial charge in [-0.15, -0.1) is 0 Å². The highest BCUT2D eigenvalue weighted by atomic mass is 16.3. The molecule has 4 heteroatoms. The lowest BCUT2D eigenvalue weighted by atomic mass is 10.1. The highest BCUT2D eigenvalue weighted by Crippen LogP contribution is 2.10. The van der Waals surface area contributed by atoms with Crippen molar-refractivity contribution in [2.24, 2.45) is 5.92 Å². The summed E-state index contributed by atoms with van der Waals surface area (Å²) in [5.74, 6) is 0.262. The molecule has 106 valence electrons. The van der Waals surface area contributed by atoms with Crippen molar-refractivity contribution in [3.05, 3.63) is 35.9 Å². The van der Waals surface area contributed by atoms with Gasteiger partial charge in [0.25, 0.3) is 0 Å². The summed E-state index contributed by atoms with van der Waals surface area (Å²) < 4.78 is 0. The first-order chi connectivity index (χ1) is 8.99. The van der Waals surface area contributed by atoms with Gasteiger partial charge in [-0.3, -0.25) is 0 Å². The molecule has 1 rings (SSSR count). The normalized spacial score (nSPS) is 15.4. The summed E-state index contributed by atoms with van der Waals surface area (Å²) in [5.41, 5.74) is 1.08. The van der Waals surface area contributed by atoms with E-state index in [1.54, 1.807) is 6.92 Å². The van der Waals surface area contributed by atoms with Gasteiger partial charge in [-0.1, -0.05) is 37.3 Å². The maximum absolute atomic E-state index is 11.7. The van der Waals surface area contributed by atoms with Crippen LogP contribution in [0.4, 0.5) is 4.79 Å². The van der Waals surface area contributed by atoms with E-state index in [0.717, 1.165) is 5.56 Å². The minimum Gasteiger partial charge on any atom is -0.393 e. The number of hydrogen-bond donors (Lipinski definition) is 3. The molecule has 0 fully saturated rings. The van der Waals surface area contributed by atoms with Crippen LogP contribution in [0.2, 0.25) is 0 Å². The van der Waals surface area contributed by atoms with E-state index >= 15 is 0 Å². The molecule has 2 amide bonds. The predicted molar refractivity (Wildman–Crippen MR) is 76.9 cm³/mol.